The second-order valence-electron chi connectivity index (χ2n) is 4.55. The van der Waals surface area contributed by atoms with E-state index in [-0.39, 0.29) is 6.04 Å². The van der Waals surface area contributed by atoms with Gasteiger partial charge >= 0.3 is 0 Å². The lowest BCUT2D eigenvalue weighted by Gasteiger charge is -2.17. The minimum Gasteiger partial charge on any atom is -0.496 e. The molecule has 0 bridgehead atoms. The number of methoxy groups -OCH3 is 1. The monoisotopic (exact) mass is 221 g/mol. The molecule has 90 valence electrons. The van der Waals surface area contributed by atoms with E-state index in [2.05, 4.69) is 32.9 Å². The van der Waals surface area contributed by atoms with Gasteiger partial charge in [0, 0.05) is 11.6 Å². The molecule has 1 aromatic rings. The van der Waals surface area contributed by atoms with Crippen LogP contribution in [0.15, 0.2) is 18.2 Å². The number of benzene rings is 1. The fraction of sp³-hybridized carbons (Fsp3) is 0.571. The molecule has 0 aliphatic rings. The third-order valence-corrected chi connectivity index (χ3v) is 2.92. The van der Waals surface area contributed by atoms with Gasteiger partial charge in [0.15, 0.2) is 0 Å². The molecule has 1 aromatic carbocycles. The number of hydrogen-bond donors (Lipinski definition) is 1. The predicted octanol–water partition coefficient (Wildman–Crippen LogP) is 3.62. The van der Waals surface area contributed by atoms with Crippen molar-refractivity contribution in [2.75, 3.05) is 7.11 Å². The van der Waals surface area contributed by atoms with Crippen LogP contribution in [0.4, 0.5) is 0 Å². The van der Waals surface area contributed by atoms with E-state index in [1.165, 1.54) is 5.56 Å². The lowest BCUT2D eigenvalue weighted by molar-refractivity contribution is 0.403. The van der Waals surface area contributed by atoms with E-state index in [1.807, 2.05) is 6.07 Å². The first-order valence-electron chi connectivity index (χ1n) is 6.03. The zero-order chi connectivity index (χ0) is 12.1. The summed E-state index contributed by atoms with van der Waals surface area (Å²) in [6, 6.07) is 6.41. The second kappa shape index (κ2) is 5.90. The van der Waals surface area contributed by atoms with Crippen LogP contribution in [-0.4, -0.2) is 7.11 Å². The minimum atomic E-state index is 0.0821. The van der Waals surface area contributed by atoms with Crippen molar-refractivity contribution in [1.29, 1.82) is 0 Å². The normalized spacial score (nSPS) is 12.9. The smallest absolute Gasteiger partial charge is 0.123 e. The standard InChI is InChI=1S/C14H23NO/c1-5-6-13(15)12-9-11(10(2)3)7-8-14(12)16-4/h7-10,13H,5-6,15H2,1-4H3/t13-/m1/s1. The van der Waals surface area contributed by atoms with Gasteiger partial charge in [-0.15, -0.1) is 0 Å². The van der Waals surface area contributed by atoms with Gasteiger partial charge in [0.05, 0.1) is 7.11 Å². The molecule has 0 radical (unpaired) electrons. The van der Waals surface area contributed by atoms with Crippen molar-refractivity contribution >= 4 is 0 Å². The van der Waals surface area contributed by atoms with Gasteiger partial charge in [-0.2, -0.15) is 0 Å². The van der Waals surface area contributed by atoms with E-state index in [9.17, 15) is 0 Å². The van der Waals surface area contributed by atoms with Crippen molar-refractivity contribution in [3.63, 3.8) is 0 Å². The number of ether oxygens (including phenoxy) is 1. The van der Waals surface area contributed by atoms with Gasteiger partial charge in [-0.25, -0.2) is 0 Å². The summed E-state index contributed by atoms with van der Waals surface area (Å²) in [4.78, 5) is 0. The molecule has 2 heteroatoms. The van der Waals surface area contributed by atoms with Crippen LogP contribution in [0.2, 0.25) is 0 Å². The first-order chi connectivity index (χ1) is 7.60. The Morgan fingerprint density at radius 3 is 2.50 bits per heavy atom. The number of nitrogens with two attached hydrogens (primary N) is 1. The second-order valence-corrected chi connectivity index (χ2v) is 4.55. The zero-order valence-corrected chi connectivity index (χ0v) is 10.8. The summed E-state index contributed by atoms with van der Waals surface area (Å²) in [7, 11) is 1.70. The molecular weight excluding hydrogens is 198 g/mol. The quantitative estimate of drug-likeness (QED) is 0.824. The molecule has 1 rings (SSSR count). The van der Waals surface area contributed by atoms with Crippen LogP contribution < -0.4 is 10.5 Å². The lowest BCUT2D eigenvalue weighted by Crippen LogP contribution is -2.11. The Kier molecular flexibility index (Phi) is 4.81. The predicted molar refractivity (Wildman–Crippen MR) is 68.9 cm³/mol. The average Bonchev–Trinajstić information content (AvgIpc) is 2.28. The molecule has 0 spiro atoms. The van der Waals surface area contributed by atoms with Crippen LogP contribution in [0.5, 0.6) is 5.75 Å². The van der Waals surface area contributed by atoms with Crippen LogP contribution >= 0.6 is 0 Å². The summed E-state index contributed by atoms with van der Waals surface area (Å²) in [5.41, 5.74) is 8.63. The lowest BCUT2D eigenvalue weighted by atomic mass is 9.95. The van der Waals surface area contributed by atoms with E-state index in [0.29, 0.717) is 5.92 Å². The fourth-order valence-electron chi connectivity index (χ4n) is 1.87. The number of rotatable bonds is 5. The summed E-state index contributed by atoms with van der Waals surface area (Å²) in [5, 5.41) is 0. The highest BCUT2D eigenvalue weighted by atomic mass is 16.5. The van der Waals surface area contributed by atoms with Crippen molar-refractivity contribution in [3.8, 4) is 5.75 Å². The first kappa shape index (κ1) is 13.0. The highest BCUT2D eigenvalue weighted by Gasteiger charge is 2.12. The Balaban J connectivity index is 3.06. The van der Waals surface area contributed by atoms with Gasteiger partial charge in [-0.3, -0.25) is 0 Å². The molecule has 0 saturated heterocycles. The largest absolute Gasteiger partial charge is 0.496 e. The van der Waals surface area contributed by atoms with E-state index in [4.69, 9.17) is 10.5 Å². The summed E-state index contributed by atoms with van der Waals surface area (Å²) in [6.07, 6.45) is 2.09. The molecule has 16 heavy (non-hydrogen) atoms. The van der Waals surface area contributed by atoms with Crippen LogP contribution in [0, 0.1) is 0 Å². The molecular formula is C14H23NO. The molecule has 0 amide bonds. The molecule has 0 fully saturated rings. The van der Waals surface area contributed by atoms with Gasteiger partial charge in [-0.05, 0) is 24.0 Å². The Morgan fingerprint density at radius 2 is 2.00 bits per heavy atom. The highest BCUT2D eigenvalue weighted by Crippen LogP contribution is 2.29. The van der Waals surface area contributed by atoms with Crippen LogP contribution in [0.1, 0.15) is 56.7 Å². The molecule has 0 aromatic heterocycles. The molecule has 2 N–H and O–H groups in total. The van der Waals surface area contributed by atoms with Crippen molar-refractivity contribution in [1.82, 2.24) is 0 Å². The Bertz CT molecular complexity index is 334. The Morgan fingerprint density at radius 1 is 1.31 bits per heavy atom. The molecule has 0 saturated carbocycles. The van der Waals surface area contributed by atoms with Gasteiger partial charge < -0.3 is 10.5 Å². The van der Waals surface area contributed by atoms with Gasteiger partial charge in [0.25, 0.3) is 0 Å². The molecule has 1 atom stereocenters. The Hall–Kier alpha value is -1.02. The maximum atomic E-state index is 6.17. The van der Waals surface area contributed by atoms with Gasteiger partial charge in [0.1, 0.15) is 5.75 Å². The SMILES string of the molecule is CCC[C@@H](N)c1cc(C(C)C)ccc1OC. The van der Waals surface area contributed by atoms with Crippen molar-refractivity contribution in [2.45, 2.75) is 45.6 Å². The van der Waals surface area contributed by atoms with Crippen LogP contribution in [0.3, 0.4) is 0 Å². The maximum Gasteiger partial charge on any atom is 0.123 e. The minimum absolute atomic E-state index is 0.0821. The highest BCUT2D eigenvalue weighted by molar-refractivity contribution is 5.40. The zero-order valence-electron chi connectivity index (χ0n) is 10.8. The van der Waals surface area contributed by atoms with Crippen molar-refractivity contribution < 1.29 is 4.74 Å². The first-order valence-corrected chi connectivity index (χ1v) is 6.03. The summed E-state index contributed by atoms with van der Waals surface area (Å²) in [5.74, 6) is 1.43. The average molecular weight is 221 g/mol. The maximum absolute atomic E-state index is 6.17. The molecule has 0 unspecified atom stereocenters. The van der Waals surface area contributed by atoms with Crippen molar-refractivity contribution in [3.05, 3.63) is 29.3 Å². The van der Waals surface area contributed by atoms with Crippen LogP contribution in [0.25, 0.3) is 0 Å². The van der Waals surface area contributed by atoms with Gasteiger partial charge in [0.2, 0.25) is 0 Å². The fourth-order valence-corrected chi connectivity index (χ4v) is 1.87. The summed E-state index contributed by atoms with van der Waals surface area (Å²) in [6.45, 7) is 6.53. The van der Waals surface area contributed by atoms with E-state index in [0.717, 1.165) is 24.2 Å². The number of hydrogen-bond acceptors (Lipinski definition) is 2. The molecule has 0 aliphatic heterocycles. The van der Waals surface area contributed by atoms with Crippen LogP contribution in [-0.2, 0) is 0 Å². The van der Waals surface area contributed by atoms with Gasteiger partial charge in [-0.1, -0.05) is 39.3 Å². The summed E-state index contributed by atoms with van der Waals surface area (Å²) < 4.78 is 5.37. The third kappa shape index (κ3) is 2.99. The third-order valence-electron chi connectivity index (χ3n) is 2.92. The molecule has 0 aliphatic carbocycles. The molecule has 2 nitrogen and oxygen atoms in total. The topological polar surface area (TPSA) is 35.2 Å². The Labute approximate surface area is 98.8 Å². The van der Waals surface area contributed by atoms with E-state index in [1.54, 1.807) is 7.11 Å². The van der Waals surface area contributed by atoms with Crippen molar-refractivity contribution in [2.24, 2.45) is 5.73 Å². The summed E-state index contributed by atoms with van der Waals surface area (Å²) >= 11 is 0. The van der Waals surface area contributed by atoms with E-state index < -0.39 is 0 Å². The molecule has 0 heterocycles. The van der Waals surface area contributed by atoms with E-state index >= 15 is 0 Å².